The summed E-state index contributed by atoms with van der Waals surface area (Å²) in [6.07, 6.45) is 2.28. The van der Waals surface area contributed by atoms with Gasteiger partial charge in [0.1, 0.15) is 5.60 Å². The maximum atomic E-state index is 12.7. The average Bonchev–Trinajstić information content (AvgIpc) is 2.47. The van der Waals surface area contributed by atoms with Crippen LogP contribution >= 0.6 is 0 Å². The van der Waals surface area contributed by atoms with Gasteiger partial charge in [-0.15, -0.1) is 0 Å². The van der Waals surface area contributed by atoms with E-state index in [1.807, 2.05) is 27.7 Å². The van der Waals surface area contributed by atoms with Gasteiger partial charge in [-0.05, 0) is 39.2 Å². The summed E-state index contributed by atoms with van der Waals surface area (Å²) in [6.45, 7) is 8.42. The van der Waals surface area contributed by atoms with Crippen molar-refractivity contribution in [2.45, 2.75) is 39.7 Å². The topological polar surface area (TPSA) is 68.6 Å². The van der Waals surface area contributed by atoms with Gasteiger partial charge in [0.05, 0.1) is 5.92 Å². The van der Waals surface area contributed by atoms with Crippen LogP contribution in [0.4, 0.5) is 0 Å². The lowest BCUT2D eigenvalue weighted by Gasteiger charge is -2.36. The summed E-state index contributed by atoms with van der Waals surface area (Å²) in [5, 5.41) is 0. The smallest absolute Gasteiger partial charge is 0.311 e. The van der Waals surface area contributed by atoms with E-state index in [1.54, 1.807) is 24.2 Å². The third-order valence-corrected chi connectivity index (χ3v) is 4.04. The molecule has 0 N–H and O–H groups in total. The van der Waals surface area contributed by atoms with Gasteiger partial charge < -0.3 is 14.2 Å². The van der Waals surface area contributed by atoms with Gasteiger partial charge in [0, 0.05) is 38.0 Å². The lowest BCUT2D eigenvalue weighted by molar-refractivity contribution is -0.162. The van der Waals surface area contributed by atoms with Gasteiger partial charge in [-0.1, -0.05) is 6.92 Å². The Hall–Kier alpha value is -2.11. The first-order chi connectivity index (χ1) is 11.1. The molecule has 0 spiro atoms. The van der Waals surface area contributed by atoms with E-state index >= 15 is 0 Å². The maximum Gasteiger partial charge on any atom is 0.311 e. The second-order valence-corrected chi connectivity index (χ2v) is 7.65. The zero-order valence-corrected chi connectivity index (χ0v) is 15.0. The van der Waals surface area contributed by atoms with Crippen molar-refractivity contribution < 1.29 is 14.3 Å². The van der Waals surface area contributed by atoms with E-state index in [4.69, 9.17) is 4.74 Å². The van der Waals surface area contributed by atoms with Gasteiger partial charge in [-0.2, -0.15) is 0 Å². The van der Waals surface area contributed by atoms with Crippen molar-refractivity contribution >= 4 is 11.9 Å². The van der Waals surface area contributed by atoms with Crippen LogP contribution in [0.1, 0.15) is 44.5 Å². The van der Waals surface area contributed by atoms with Crippen LogP contribution < -0.4 is 5.56 Å². The van der Waals surface area contributed by atoms with Gasteiger partial charge in [0.2, 0.25) is 0 Å². The molecular formula is C18H26N2O4. The predicted molar refractivity (Wildman–Crippen MR) is 90.7 cm³/mol. The molecule has 1 aliphatic heterocycles. The normalized spacial score (nSPS) is 21.5. The first-order valence-electron chi connectivity index (χ1n) is 8.25. The maximum absolute atomic E-state index is 12.7. The summed E-state index contributed by atoms with van der Waals surface area (Å²) in [5.74, 6) is -0.612. The van der Waals surface area contributed by atoms with Gasteiger partial charge in [-0.3, -0.25) is 14.4 Å². The average molecular weight is 334 g/mol. The highest BCUT2D eigenvalue weighted by Gasteiger charge is 2.34. The molecule has 6 nitrogen and oxygen atoms in total. The van der Waals surface area contributed by atoms with E-state index in [0.717, 1.165) is 0 Å². The zero-order chi connectivity index (χ0) is 18.1. The van der Waals surface area contributed by atoms with Gasteiger partial charge in [-0.25, -0.2) is 0 Å². The number of esters is 1. The number of carbonyl (C=O) groups is 2. The monoisotopic (exact) mass is 334 g/mol. The number of hydrogen-bond acceptors (Lipinski definition) is 4. The molecule has 1 fully saturated rings. The number of carbonyl (C=O) groups excluding carboxylic acids is 2. The highest BCUT2D eigenvalue weighted by molar-refractivity contribution is 5.94. The van der Waals surface area contributed by atoms with Gasteiger partial charge >= 0.3 is 5.97 Å². The third-order valence-electron chi connectivity index (χ3n) is 4.04. The molecule has 0 aromatic carbocycles. The molecule has 2 atom stereocenters. The highest BCUT2D eigenvalue weighted by Crippen LogP contribution is 2.25. The van der Waals surface area contributed by atoms with Crippen molar-refractivity contribution in [2.24, 2.45) is 18.9 Å². The first-order valence-corrected chi connectivity index (χ1v) is 8.25. The molecule has 0 aliphatic carbocycles. The summed E-state index contributed by atoms with van der Waals surface area (Å²) in [5.41, 5.74) is -0.414. The first kappa shape index (κ1) is 18.2. The molecule has 1 aromatic rings. The van der Waals surface area contributed by atoms with E-state index in [-0.39, 0.29) is 29.3 Å². The number of aromatic nitrogens is 1. The van der Waals surface area contributed by atoms with Crippen LogP contribution in [0.25, 0.3) is 0 Å². The minimum absolute atomic E-state index is 0.201. The molecule has 0 bridgehead atoms. The van der Waals surface area contributed by atoms with Crippen LogP contribution in [0.3, 0.4) is 0 Å². The number of aryl methyl sites for hydroxylation is 1. The number of hydrogen-bond donors (Lipinski definition) is 0. The minimum atomic E-state index is -0.543. The Morgan fingerprint density at radius 3 is 2.50 bits per heavy atom. The number of nitrogens with zero attached hydrogens (tertiary/aromatic N) is 2. The number of piperidine rings is 1. The van der Waals surface area contributed by atoms with Crippen LogP contribution in [-0.2, 0) is 16.6 Å². The van der Waals surface area contributed by atoms with Crippen LogP contribution in [0, 0.1) is 11.8 Å². The molecule has 132 valence electrons. The summed E-state index contributed by atoms with van der Waals surface area (Å²) in [7, 11) is 1.64. The lowest BCUT2D eigenvalue weighted by atomic mass is 9.90. The van der Waals surface area contributed by atoms with Crippen molar-refractivity contribution in [1.82, 2.24) is 9.47 Å². The zero-order valence-electron chi connectivity index (χ0n) is 15.0. The number of likely N-dealkylation sites (tertiary alicyclic amines) is 1. The molecule has 0 radical (unpaired) electrons. The number of ether oxygens (including phenoxy) is 1. The van der Waals surface area contributed by atoms with E-state index in [1.165, 1.54) is 10.6 Å². The van der Waals surface area contributed by atoms with E-state index in [0.29, 0.717) is 25.1 Å². The summed E-state index contributed by atoms with van der Waals surface area (Å²) in [4.78, 5) is 38.4. The largest absolute Gasteiger partial charge is 0.460 e. The Morgan fingerprint density at radius 1 is 1.25 bits per heavy atom. The second-order valence-electron chi connectivity index (χ2n) is 7.65. The molecule has 2 rings (SSSR count). The van der Waals surface area contributed by atoms with Crippen LogP contribution in [0.15, 0.2) is 23.1 Å². The molecule has 1 aliphatic rings. The molecular weight excluding hydrogens is 308 g/mol. The van der Waals surface area contributed by atoms with E-state index in [9.17, 15) is 14.4 Å². The molecule has 2 heterocycles. The van der Waals surface area contributed by atoms with Crippen molar-refractivity contribution in [3.8, 4) is 0 Å². The molecule has 24 heavy (non-hydrogen) atoms. The number of rotatable bonds is 2. The van der Waals surface area contributed by atoms with E-state index in [2.05, 4.69) is 0 Å². The Labute approximate surface area is 142 Å². The van der Waals surface area contributed by atoms with Crippen molar-refractivity contribution in [1.29, 1.82) is 0 Å². The van der Waals surface area contributed by atoms with Gasteiger partial charge in [0.25, 0.3) is 11.5 Å². The van der Waals surface area contributed by atoms with Crippen LogP contribution in [0.2, 0.25) is 0 Å². The number of pyridine rings is 1. The Bertz CT molecular complexity index is 687. The lowest BCUT2D eigenvalue weighted by Crippen LogP contribution is -2.47. The van der Waals surface area contributed by atoms with Crippen LogP contribution in [-0.4, -0.2) is 40.0 Å². The fourth-order valence-electron chi connectivity index (χ4n) is 2.94. The van der Waals surface area contributed by atoms with Crippen molar-refractivity contribution in [2.75, 3.05) is 13.1 Å². The summed E-state index contributed by atoms with van der Waals surface area (Å²) < 4.78 is 6.88. The Kier molecular flexibility index (Phi) is 5.16. The Balaban J connectivity index is 2.15. The molecule has 6 heteroatoms. The van der Waals surface area contributed by atoms with Crippen LogP contribution in [0.5, 0.6) is 0 Å². The highest BCUT2D eigenvalue weighted by atomic mass is 16.6. The summed E-state index contributed by atoms with van der Waals surface area (Å²) >= 11 is 0. The fraction of sp³-hybridized carbons (Fsp3) is 0.611. The molecule has 1 saturated heterocycles. The third kappa shape index (κ3) is 4.46. The molecule has 0 saturated carbocycles. The predicted octanol–water partition coefficient (Wildman–Crippen LogP) is 1.83. The standard InChI is InChI=1S/C18H26N2O4/c1-12-8-14(17(23)24-18(2,3)4)11-20(10-12)16(22)13-6-7-19(5)15(21)9-13/h6-7,9,12,14H,8,10-11H2,1-5H3/t12-,14-/m1/s1. The molecule has 0 unspecified atom stereocenters. The van der Waals surface area contributed by atoms with Crippen molar-refractivity contribution in [3.05, 3.63) is 34.2 Å². The van der Waals surface area contributed by atoms with E-state index < -0.39 is 5.60 Å². The quantitative estimate of drug-likeness (QED) is 0.774. The molecule has 1 amide bonds. The minimum Gasteiger partial charge on any atom is -0.460 e. The SMILES string of the molecule is C[C@@H]1C[C@@H](C(=O)OC(C)(C)C)CN(C(=O)c2ccn(C)c(=O)c2)C1. The van der Waals surface area contributed by atoms with Gasteiger partial charge in [0.15, 0.2) is 0 Å². The summed E-state index contributed by atoms with van der Waals surface area (Å²) in [6, 6.07) is 2.97. The van der Waals surface area contributed by atoms with Crippen molar-refractivity contribution in [3.63, 3.8) is 0 Å². The molecule has 1 aromatic heterocycles. The second kappa shape index (κ2) is 6.79. The number of amides is 1. The Morgan fingerprint density at radius 2 is 1.92 bits per heavy atom. The fourth-order valence-corrected chi connectivity index (χ4v) is 2.94.